The van der Waals surface area contributed by atoms with E-state index < -0.39 is 12.7 Å². The molecule has 0 aromatic heterocycles. The summed E-state index contributed by atoms with van der Waals surface area (Å²) >= 11 is 0. The number of benzene rings is 1. The van der Waals surface area contributed by atoms with Gasteiger partial charge in [-0.1, -0.05) is 68.9 Å². The molecule has 0 spiro atoms. The molecule has 4 heteroatoms. The van der Waals surface area contributed by atoms with Crippen LogP contribution in [0, 0.1) is 5.92 Å². The minimum Gasteiger partial charge on any atom is -0.400 e. The standard InChI is InChI=1S/C25H39BO3/c1-6-7-8-9-11-16-22(19-26-28-23(2,3)24(4,5)29-26)25(27,21-17-18-21)20-14-12-10-13-15-20/h10,12-15,19,21,27H,6-9,11,16-18H2,1-5H3/b22-19+. The zero-order valence-corrected chi connectivity index (χ0v) is 19.0. The predicted octanol–water partition coefficient (Wildman–Crippen LogP) is 6.20. The number of rotatable bonds is 10. The van der Waals surface area contributed by atoms with Crippen LogP contribution in [0.5, 0.6) is 0 Å². The molecule has 1 heterocycles. The van der Waals surface area contributed by atoms with Crippen molar-refractivity contribution in [2.75, 3.05) is 0 Å². The summed E-state index contributed by atoms with van der Waals surface area (Å²) in [5, 5.41) is 12.0. The molecule has 3 rings (SSSR count). The van der Waals surface area contributed by atoms with Gasteiger partial charge in [-0.2, -0.15) is 0 Å². The van der Waals surface area contributed by atoms with Gasteiger partial charge in [0, 0.05) is 0 Å². The van der Waals surface area contributed by atoms with Crippen molar-refractivity contribution in [3.63, 3.8) is 0 Å². The molecule has 29 heavy (non-hydrogen) atoms. The highest BCUT2D eigenvalue weighted by Crippen LogP contribution is 2.51. The Labute approximate surface area is 178 Å². The van der Waals surface area contributed by atoms with Crippen LogP contribution in [0.1, 0.15) is 91.5 Å². The molecule has 2 aliphatic rings. The first-order chi connectivity index (χ1) is 13.7. The SMILES string of the molecule is CCCCCCC/C(=C\B1OC(C)(C)C(C)(C)O1)C(O)(c1ccccc1)C1CC1. The van der Waals surface area contributed by atoms with Gasteiger partial charge in [-0.05, 0) is 70.4 Å². The largest absolute Gasteiger partial charge is 0.487 e. The summed E-state index contributed by atoms with van der Waals surface area (Å²) in [4.78, 5) is 0. The highest BCUT2D eigenvalue weighted by molar-refractivity contribution is 6.51. The summed E-state index contributed by atoms with van der Waals surface area (Å²) < 4.78 is 12.5. The lowest BCUT2D eigenvalue weighted by Crippen LogP contribution is -2.41. The van der Waals surface area contributed by atoms with Crippen molar-refractivity contribution < 1.29 is 14.4 Å². The van der Waals surface area contributed by atoms with Crippen LogP contribution in [0.25, 0.3) is 0 Å². The predicted molar refractivity (Wildman–Crippen MR) is 121 cm³/mol. The molecule has 0 bridgehead atoms. The fourth-order valence-corrected chi connectivity index (χ4v) is 4.32. The van der Waals surface area contributed by atoms with E-state index in [0.717, 1.165) is 36.8 Å². The minimum atomic E-state index is -0.921. The van der Waals surface area contributed by atoms with Crippen LogP contribution in [0.3, 0.4) is 0 Å². The first-order valence-corrected chi connectivity index (χ1v) is 11.6. The summed E-state index contributed by atoms with van der Waals surface area (Å²) in [6, 6.07) is 10.2. The van der Waals surface area contributed by atoms with E-state index in [4.69, 9.17) is 9.31 Å². The summed E-state index contributed by atoms with van der Waals surface area (Å²) in [6.45, 7) is 10.6. The smallest absolute Gasteiger partial charge is 0.400 e. The van der Waals surface area contributed by atoms with Crippen LogP contribution in [-0.2, 0) is 14.9 Å². The zero-order valence-electron chi connectivity index (χ0n) is 19.0. The summed E-state index contributed by atoms with van der Waals surface area (Å²) in [5.74, 6) is 2.37. The number of aliphatic hydroxyl groups is 1. The van der Waals surface area contributed by atoms with Gasteiger partial charge < -0.3 is 14.4 Å². The molecule has 0 radical (unpaired) electrons. The topological polar surface area (TPSA) is 38.7 Å². The molecular formula is C25H39BO3. The molecule has 1 unspecified atom stereocenters. The van der Waals surface area contributed by atoms with Gasteiger partial charge in [-0.25, -0.2) is 0 Å². The van der Waals surface area contributed by atoms with Gasteiger partial charge in [-0.3, -0.25) is 0 Å². The minimum absolute atomic E-state index is 0.286. The second-order valence-corrected chi connectivity index (χ2v) is 9.89. The van der Waals surface area contributed by atoms with Gasteiger partial charge in [0.2, 0.25) is 0 Å². The average molecular weight is 398 g/mol. The van der Waals surface area contributed by atoms with Crippen LogP contribution in [0.4, 0.5) is 0 Å². The van der Waals surface area contributed by atoms with Gasteiger partial charge in [0.15, 0.2) is 0 Å². The molecule has 1 aliphatic carbocycles. The maximum Gasteiger partial charge on any atom is 0.487 e. The van der Waals surface area contributed by atoms with Crippen LogP contribution in [0.15, 0.2) is 41.9 Å². The molecular weight excluding hydrogens is 359 g/mol. The average Bonchev–Trinajstić information content (AvgIpc) is 3.49. The Morgan fingerprint density at radius 3 is 2.17 bits per heavy atom. The third-order valence-electron chi connectivity index (χ3n) is 7.03. The van der Waals surface area contributed by atoms with Crippen LogP contribution in [0.2, 0.25) is 0 Å². The maximum atomic E-state index is 12.0. The number of hydrogen-bond acceptors (Lipinski definition) is 3. The Kier molecular flexibility index (Phi) is 6.97. The molecule has 2 fully saturated rings. The fourth-order valence-electron chi connectivity index (χ4n) is 4.32. The molecule has 3 nitrogen and oxygen atoms in total. The number of hydrogen-bond donors (Lipinski definition) is 1. The van der Waals surface area contributed by atoms with E-state index >= 15 is 0 Å². The van der Waals surface area contributed by atoms with E-state index in [1.165, 1.54) is 25.7 Å². The second-order valence-electron chi connectivity index (χ2n) is 9.89. The molecule has 160 valence electrons. The third kappa shape index (κ3) is 4.98. The molecule has 0 amide bonds. The van der Waals surface area contributed by atoms with Crippen LogP contribution in [-0.4, -0.2) is 23.4 Å². The molecule has 1 aromatic carbocycles. The lowest BCUT2D eigenvalue weighted by atomic mass is 9.74. The maximum absolute atomic E-state index is 12.0. The zero-order chi connectivity index (χ0) is 21.1. The summed E-state index contributed by atoms with van der Waals surface area (Å²) in [6.07, 6.45) is 9.10. The van der Waals surface area contributed by atoms with Crippen molar-refractivity contribution in [3.8, 4) is 0 Å². The van der Waals surface area contributed by atoms with Crippen LogP contribution >= 0.6 is 0 Å². The van der Waals surface area contributed by atoms with E-state index in [-0.39, 0.29) is 17.1 Å². The van der Waals surface area contributed by atoms with Crippen molar-refractivity contribution >= 4 is 7.12 Å². The Bertz CT molecular complexity index is 677. The summed E-state index contributed by atoms with van der Waals surface area (Å²) in [5.41, 5.74) is 0.408. The van der Waals surface area contributed by atoms with Crippen molar-refractivity contribution in [3.05, 3.63) is 47.4 Å². The van der Waals surface area contributed by atoms with Crippen LogP contribution < -0.4 is 0 Å². The molecule has 1 N–H and O–H groups in total. The van der Waals surface area contributed by atoms with E-state index in [1.54, 1.807) is 0 Å². The second kappa shape index (κ2) is 8.95. The first-order valence-electron chi connectivity index (χ1n) is 11.6. The lowest BCUT2D eigenvalue weighted by molar-refractivity contribution is 0.00578. The molecule has 1 atom stereocenters. The van der Waals surface area contributed by atoms with E-state index in [1.807, 2.05) is 18.2 Å². The van der Waals surface area contributed by atoms with Gasteiger partial charge in [0.25, 0.3) is 0 Å². The van der Waals surface area contributed by atoms with Crippen molar-refractivity contribution in [1.29, 1.82) is 0 Å². The lowest BCUT2D eigenvalue weighted by Gasteiger charge is -2.33. The van der Waals surface area contributed by atoms with Gasteiger partial charge >= 0.3 is 7.12 Å². The van der Waals surface area contributed by atoms with Crippen molar-refractivity contribution in [1.82, 2.24) is 0 Å². The normalized spacial score (nSPS) is 23.2. The van der Waals surface area contributed by atoms with Crippen molar-refractivity contribution in [2.24, 2.45) is 5.92 Å². The Morgan fingerprint density at radius 1 is 1.03 bits per heavy atom. The molecule has 1 saturated heterocycles. The molecule has 1 aliphatic heterocycles. The van der Waals surface area contributed by atoms with Crippen molar-refractivity contribution in [2.45, 2.75) is 103 Å². The van der Waals surface area contributed by atoms with Gasteiger partial charge in [0.05, 0.1) is 11.2 Å². The highest BCUT2D eigenvalue weighted by Gasteiger charge is 2.52. The van der Waals surface area contributed by atoms with E-state index in [0.29, 0.717) is 0 Å². The third-order valence-corrected chi connectivity index (χ3v) is 7.03. The Hall–Kier alpha value is -1.10. The first kappa shape index (κ1) is 22.6. The Balaban J connectivity index is 1.88. The molecule has 1 aromatic rings. The van der Waals surface area contributed by atoms with Gasteiger partial charge in [-0.15, -0.1) is 0 Å². The van der Waals surface area contributed by atoms with E-state index in [2.05, 4.69) is 52.7 Å². The van der Waals surface area contributed by atoms with Gasteiger partial charge in [0.1, 0.15) is 5.60 Å². The number of unbranched alkanes of at least 4 members (excludes halogenated alkanes) is 4. The van der Waals surface area contributed by atoms with E-state index in [9.17, 15) is 5.11 Å². The summed E-state index contributed by atoms with van der Waals surface area (Å²) in [7, 11) is -0.417. The monoisotopic (exact) mass is 398 g/mol. The highest BCUT2D eigenvalue weighted by atomic mass is 16.7. The fraction of sp³-hybridized carbons (Fsp3) is 0.680. The Morgan fingerprint density at radius 2 is 1.62 bits per heavy atom. The quantitative estimate of drug-likeness (QED) is 0.377. The molecule has 1 saturated carbocycles.